The Morgan fingerprint density at radius 3 is 2.14 bits per heavy atom. The molecule has 0 aromatic rings. The standard InChI is InChI=1S/C4H5O2.Li/c1-4(6)2-3-5;/h2H2,1H3;/q-1;+1. The van der Waals surface area contributed by atoms with Crippen molar-refractivity contribution < 1.29 is 28.4 Å². The third kappa shape index (κ3) is 10.7. The van der Waals surface area contributed by atoms with Crippen molar-refractivity contribution in [1.82, 2.24) is 0 Å². The molecule has 0 saturated carbocycles. The van der Waals surface area contributed by atoms with Gasteiger partial charge in [0.2, 0.25) is 0 Å². The Morgan fingerprint density at radius 2 is 2.14 bits per heavy atom. The van der Waals surface area contributed by atoms with Gasteiger partial charge in [0.15, 0.2) is 0 Å². The van der Waals surface area contributed by atoms with Crippen LogP contribution in [0.1, 0.15) is 13.3 Å². The molecule has 0 aliphatic carbocycles. The molecule has 34 valence electrons. The van der Waals surface area contributed by atoms with Crippen molar-refractivity contribution in [2.24, 2.45) is 0 Å². The zero-order valence-corrected chi connectivity index (χ0v) is 4.52. The molecular formula is C4H5LiO2. The van der Waals surface area contributed by atoms with Crippen LogP contribution in [0.5, 0.6) is 0 Å². The summed E-state index contributed by atoms with van der Waals surface area (Å²) in [4.78, 5) is 19.1. The van der Waals surface area contributed by atoms with E-state index in [-0.39, 0.29) is 31.1 Å². The third-order valence-corrected chi connectivity index (χ3v) is 0.321. The summed E-state index contributed by atoms with van der Waals surface area (Å²) < 4.78 is 0. The van der Waals surface area contributed by atoms with Crippen LogP contribution in [0.3, 0.4) is 0 Å². The van der Waals surface area contributed by atoms with E-state index >= 15 is 0 Å². The topological polar surface area (TPSA) is 34.1 Å². The van der Waals surface area contributed by atoms with Gasteiger partial charge in [-0.25, -0.2) is 0 Å². The molecule has 0 bridgehead atoms. The first kappa shape index (κ1) is 10.0. The minimum atomic E-state index is -0.134. The van der Waals surface area contributed by atoms with E-state index in [1.807, 2.05) is 0 Å². The Balaban J connectivity index is 0. The fourth-order valence-corrected chi connectivity index (χ4v) is 0.102. The van der Waals surface area contributed by atoms with Crippen LogP contribution < -0.4 is 18.9 Å². The van der Waals surface area contributed by atoms with Gasteiger partial charge in [0.1, 0.15) is 5.78 Å². The van der Waals surface area contributed by atoms with Gasteiger partial charge in [-0.05, 0) is 6.92 Å². The van der Waals surface area contributed by atoms with Crippen LogP contribution >= 0.6 is 0 Å². The summed E-state index contributed by atoms with van der Waals surface area (Å²) in [5.41, 5.74) is 0. The largest absolute Gasteiger partial charge is 1.00 e. The summed E-state index contributed by atoms with van der Waals surface area (Å²) in [6, 6.07) is 0. The summed E-state index contributed by atoms with van der Waals surface area (Å²) in [5, 5.41) is 0. The van der Waals surface area contributed by atoms with E-state index < -0.39 is 0 Å². The van der Waals surface area contributed by atoms with Crippen molar-refractivity contribution in [2.45, 2.75) is 13.3 Å². The zero-order valence-electron chi connectivity index (χ0n) is 4.52. The quantitative estimate of drug-likeness (QED) is 0.208. The molecule has 0 fully saturated rings. The predicted octanol–water partition coefficient (Wildman–Crippen LogP) is -2.92. The Bertz CT molecular complexity index is 70.1. The van der Waals surface area contributed by atoms with Gasteiger partial charge >= 0.3 is 18.9 Å². The number of hydrogen-bond donors (Lipinski definition) is 0. The molecule has 0 atom stereocenters. The first-order chi connectivity index (χ1) is 2.77. The number of hydrogen-bond acceptors (Lipinski definition) is 2. The second-order valence-corrected chi connectivity index (χ2v) is 1.02. The predicted molar refractivity (Wildman–Crippen MR) is 21.0 cm³/mol. The summed E-state index contributed by atoms with van der Waals surface area (Å²) in [7, 11) is 0. The van der Waals surface area contributed by atoms with Crippen molar-refractivity contribution in [3.63, 3.8) is 0 Å². The fraction of sp³-hybridized carbons (Fsp3) is 0.500. The first-order valence-electron chi connectivity index (χ1n) is 1.62. The van der Waals surface area contributed by atoms with Gasteiger partial charge in [-0.3, -0.25) is 6.29 Å². The van der Waals surface area contributed by atoms with Crippen LogP contribution in [-0.4, -0.2) is 12.1 Å². The van der Waals surface area contributed by atoms with Crippen molar-refractivity contribution >= 4 is 12.1 Å². The van der Waals surface area contributed by atoms with Gasteiger partial charge in [0, 0.05) is 0 Å². The molecule has 0 saturated heterocycles. The first-order valence-corrected chi connectivity index (χ1v) is 1.62. The maximum absolute atomic E-state index is 9.78. The number of ketones is 1. The summed E-state index contributed by atoms with van der Waals surface area (Å²) in [6.07, 6.45) is 1.40. The van der Waals surface area contributed by atoms with Gasteiger partial charge < -0.3 is 9.59 Å². The van der Waals surface area contributed by atoms with Crippen molar-refractivity contribution in [2.75, 3.05) is 0 Å². The van der Waals surface area contributed by atoms with Crippen molar-refractivity contribution in [1.29, 1.82) is 0 Å². The number of Topliss-reactive ketones (excluding diaryl/α,β-unsaturated/α-hetero) is 1. The molecule has 0 radical (unpaired) electrons. The maximum Gasteiger partial charge on any atom is 1.00 e. The fourth-order valence-electron chi connectivity index (χ4n) is 0.102. The molecule has 0 aromatic heterocycles. The summed E-state index contributed by atoms with van der Waals surface area (Å²) in [6.45, 7) is 1.35. The van der Waals surface area contributed by atoms with E-state index in [4.69, 9.17) is 0 Å². The van der Waals surface area contributed by atoms with Gasteiger partial charge in [-0.15, -0.1) is 0 Å². The molecule has 0 N–H and O–H groups in total. The molecule has 0 unspecified atom stereocenters. The average molecular weight is 92.0 g/mol. The molecule has 0 aromatic carbocycles. The smallest absolute Gasteiger partial charge is 0.541 e. The molecule has 0 spiro atoms. The van der Waals surface area contributed by atoms with Crippen molar-refractivity contribution in [3.05, 3.63) is 0 Å². The van der Waals surface area contributed by atoms with Gasteiger partial charge in [0.25, 0.3) is 0 Å². The monoisotopic (exact) mass is 92.0 g/mol. The van der Waals surface area contributed by atoms with E-state index in [0.29, 0.717) is 0 Å². The Morgan fingerprint density at radius 1 is 1.71 bits per heavy atom. The number of carbonyl (C=O) groups excluding carboxylic acids is 2. The SMILES string of the molecule is CC(=O)C[C-]=O.[Li+]. The van der Waals surface area contributed by atoms with E-state index in [2.05, 4.69) is 0 Å². The minimum Gasteiger partial charge on any atom is -0.541 e. The van der Waals surface area contributed by atoms with Crippen molar-refractivity contribution in [3.8, 4) is 0 Å². The summed E-state index contributed by atoms with van der Waals surface area (Å²) >= 11 is 0. The molecule has 0 rings (SSSR count). The number of carbonyl (C=O) groups is 1. The second-order valence-electron chi connectivity index (χ2n) is 1.02. The van der Waals surface area contributed by atoms with Gasteiger partial charge in [-0.1, -0.05) is 6.42 Å². The van der Waals surface area contributed by atoms with Crippen LogP contribution in [0.25, 0.3) is 0 Å². The molecule has 0 aliphatic heterocycles. The van der Waals surface area contributed by atoms with E-state index in [9.17, 15) is 9.59 Å². The normalized spacial score (nSPS) is 6.43. The molecule has 0 heterocycles. The van der Waals surface area contributed by atoms with E-state index in [1.54, 1.807) is 0 Å². The molecule has 0 amide bonds. The molecule has 0 aliphatic rings. The Kier molecular flexibility index (Phi) is 8.51. The molecule has 7 heavy (non-hydrogen) atoms. The van der Waals surface area contributed by atoms with Crippen LogP contribution in [0.2, 0.25) is 0 Å². The average Bonchev–Trinajstić information content (AvgIpc) is 1.35. The Hall–Kier alpha value is -0.0626. The second kappa shape index (κ2) is 5.94. The van der Waals surface area contributed by atoms with Crippen LogP contribution in [0, 0.1) is 0 Å². The zero-order chi connectivity index (χ0) is 4.99. The van der Waals surface area contributed by atoms with Crippen LogP contribution in [0.4, 0.5) is 0 Å². The molecule has 2 nitrogen and oxygen atoms in total. The molecular weight excluding hydrogens is 87.0 g/mol. The van der Waals surface area contributed by atoms with Crippen LogP contribution in [0.15, 0.2) is 0 Å². The molecule has 3 heteroatoms. The third-order valence-electron chi connectivity index (χ3n) is 0.321. The Labute approximate surface area is 54.5 Å². The maximum atomic E-state index is 9.78. The minimum absolute atomic E-state index is 0. The number of rotatable bonds is 2. The van der Waals surface area contributed by atoms with Crippen LogP contribution in [-0.2, 0) is 9.59 Å². The summed E-state index contributed by atoms with van der Waals surface area (Å²) in [5.74, 6) is -0.134. The van der Waals surface area contributed by atoms with E-state index in [0.717, 1.165) is 0 Å². The van der Waals surface area contributed by atoms with E-state index in [1.165, 1.54) is 13.2 Å². The van der Waals surface area contributed by atoms with Gasteiger partial charge in [-0.2, -0.15) is 0 Å². The van der Waals surface area contributed by atoms with Gasteiger partial charge in [0.05, 0.1) is 0 Å².